The smallest absolute Gasteiger partial charge is 0.326 e. The molecular weight excluding hydrogens is 300 g/mol. The summed E-state index contributed by atoms with van der Waals surface area (Å²) < 4.78 is 10.2. The van der Waals surface area contributed by atoms with Crippen molar-refractivity contribution >= 4 is 29.3 Å². The van der Waals surface area contributed by atoms with Crippen LogP contribution in [-0.4, -0.2) is 37.4 Å². The molecule has 116 valence electrons. The van der Waals surface area contributed by atoms with Crippen molar-refractivity contribution in [1.82, 2.24) is 5.32 Å². The summed E-state index contributed by atoms with van der Waals surface area (Å²) in [4.78, 5) is 22.7. The van der Waals surface area contributed by atoms with Crippen LogP contribution in [0.3, 0.4) is 0 Å². The number of anilines is 1. The molecule has 0 aliphatic heterocycles. The number of aliphatic carboxylic acids is 1. The van der Waals surface area contributed by atoms with Crippen LogP contribution in [0.25, 0.3) is 0 Å². The van der Waals surface area contributed by atoms with E-state index in [0.29, 0.717) is 22.2 Å². The van der Waals surface area contributed by atoms with Gasteiger partial charge in [-0.05, 0) is 6.42 Å². The number of carboxylic acid groups (broad SMARTS) is 1. The summed E-state index contributed by atoms with van der Waals surface area (Å²) >= 11 is 5.95. The number of carbonyl (C=O) groups is 2. The largest absolute Gasteiger partial charge is 0.495 e. The molecule has 0 spiro atoms. The Balaban J connectivity index is 2.91. The van der Waals surface area contributed by atoms with Crippen LogP contribution in [0.1, 0.15) is 13.3 Å². The fourth-order valence-electron chi connectivity index (χ4n) is 1.61. The second kappa shape index (κ2) is 7.58. The lowest BCUT2D eigenvalue weighted by Crippen LogP contribution is -2.42. The van der Waals surface area contributed by atoms with E-state index in [1.807, 2.05) is 0 Å². The standard InChI is InChI=1S/C13H17ClN2O5/c1-4-8(12(17)18)15-13(19)16-9-6-10(20-2)7(14)5-11(9)21-3/h5-6,8H,4H2,1-3H3,(H,17,18)(H2,15,16,19). The number of hydrogen-bond donors (Lipinski definition) is 3. The fourth-order valence-corrected chi connectivity index (χ4v) is 1.84. The van der Waals surface area contributed by atoms with Gasteiger partial charge in [-0.15, -0.1) is 0 Å². The number of ether oxygens (including phenoxy) is 2. The maximum atomic E-state index is 11.8. The summed E-state index contributed by atoms with van der Waals surface area (Å²) in [5.74, 6) is -0.411. The van der Waals surface area contributed by atoms with Crippen LogP contribution in [0, 0.1) is 0 Å². The summed E-state index contributed by atoms with van der Waals surface area (Å²) in [6, 6.07) is 1.35. The van der Waals surface area contributed by atoms with Crippen LogP contribution in [0.15, 0.2) is 12.1 Å². The van der Waals surface area contributed by atoms with Crippen molar-refractivity contribution < 1.29 is 24.2 Å². The average molecular weight is 317 g/mol. The Morgan fingerprint density at radius 3 is 2.38 bits per heavy atom. The first-order chi connectivity index (χ1) is 9.92. The Morgan fingerprint density at radius 1 is 1.29 bits per heavy atom. The highest BCUT2D eigenvalue weighted by molar-refractivity contribution is 6.32. The van der Waals surface area contributed by atoms with Crippen LogP contribution in [0.4, 0.5) is 10.5 Å². The van der Waals surface area contributed by atoms with Crippen LogP contribution < -0.4 is 20.1 Å². The first-order valence-corrected chi connectivity index (χ1v) is 6.52. The maximum absolute atomic E-state index is 11.8. The number of carbonyl (C=O) groups excluding carboxylic acids is 1. The Kier molecular flexibility index (Phi) is 6.10. The van der Waals surface area contributed by atoms with Crippen LogP contribution >= 0.6 is 11.6 Å². The van der Waals surface area contributed by atoms with Gasteiger partial charge in [0.15, 0.2) is 0 Å². The van der Waals surface area contributed by atoms with Crippen LogP contribution in [0.5, 0.6) is 11.5 Å². The normalized spacial score (nSPS) is 11.4. The molecule has 8 heteroatoms. The minimum atomic E-state index is -1.10. The van der Waals surface area contributed by atoms with E-state index >= 15 is 0 Å². The van der Waals surface area contributed by atoms with E-state index in [1.165, 1.54) is 26.4 Å². The molecule has 0 radical (unpaired) electrons. The molecule has 1 aromatic rings. The average Bonchev–Trinajstić information content (AvgIpc) is 2.45. The zero-order valence-corrected chi connectivity index (χ0v) is 12.7. The lowest BCUT2D eigenvalue weighted by atomic mass is 10.2. The molecule has 1 unspecified atom stereocenters. The predicted octanol–water partition coefficient (Wildman–Crippen LogP) is 2.34. The van der Waals surface area contributed by atoms with E-state index in [0.717, 1.165) is 0 Å². The lowest BCUT2D eigenvalue weighted by Gasteiger charge is -2.16. The Morgan fingerprint density at radius 2 is 1.90 bits per heavy atom. The summed E-state index contributed by atoms with van der Waals surface area (Å²) in [5.41, 5.74) is 0.316. The van der Waals surface area contributed by atoms with Gasteiger partial charge in [-0.25, -0.2) is 9.59 Å². The number of hydrogen-bond acceptors (Lipinski definition) is 4. The van der Waals surface area contributed by atoms with Gasteiger partial charge >= 0.3 is 12.0 Å². The van der Waals surface area contributed by atoms with Crippen molar-refractivity contribution in [3.05, 3.63) is 17.2 Å². The highest BCUT2D eigenvalue weighted by Gasteiger charge is 2.19. The van der Waals surface area contributed by atoms with Gasteiger partial charge in [0.25, 0.3) is 0 Å². The molecule has 21 heavy (non-hydrogen) atoms. The van der Waals surface area contributed by atoms with Crippen molar-refractivity contribution in [2.24, 2.45) is 0 Å². The Bertz CT molecular complexity index is 536. The van der Waals surface area contributed by atoms with E-state index < -0.39 is 18.0 Å². The van der Waals surface area contributed by atoms with Gasteiger partial charge in [0.2, 0.25) is 0 Å². The summed E-state index contributed by atoms with van der Waals surface area (Å²) in [5, 5.41) is 14.1. The van der Waals surface area contributed by atoms with Crippen molar-refractivity contribution in [2.75, 3.05) is 19.5 Å². The number of carboxylic acids is 1. The van der Waals surface area contributed by atoms with Gasteiger partial charge in [-0.3, -0.25) is 0 Å². The molecule has 1 rings (SSSR count). The highest BCUT2D eigenvalue weighted by Crippen LogP contribution is 2.35. The molecule has 0 aliphatic rings. The second-order valence-corrected chi connectivity index (χ2v) is 4.49. The monoisotopic (exact) mass is 316 g/mol. The number of methoxy groups -OCH3 is 2. The molecule has 0 bridgehead atoms. The zero-order valence-electron chi connectivity index (χ0n) is 11.9. The molecule has 0 aliphatic carbocycles. The summed E-state index contributed by atoms with van der Waals surface area (Å²) in [6.07, 6.45) is 0.268. The minimum Gasteiger partial charge on any atom is -0.495 e. The van der Waals surface area contributed by atoms with Gasteiger partial charge in [0, 0.05) is 12.1 Å². The van der Waals surface area contributed by atoms with Gasteiger partial charge in [-0.1, -0.05) is 18.5 Å². The number of rotatable bonds is 6. The van der Waals surface area contributed by atoms with E-state index in [4.69, 9.17) is 26.2 Å². The zero-order chi connectivity index (χ0) is 16.0. The quantitative estimate of drug-likeness (QED) is 0.748. The van der Waals surface area contributed by atoms with Gasteiger partial charge in [0.1, 0.15) is 17.5 Å². The first-order valence-electron chi connectivity index (χ1n) is 6.14. The van der Waals surface area contributed by atoms with E-state index in [2.05, 4.69) is 10.6 Å². The molecule has 0 saturated carbocycles. The second-order valence-electron chi connectivity index (χ2n) is 4.08. The molecule has 1 atom stereocenters. The van der Waals surface area contributed by atoms with Crippen molar-refractivity contribution in [2.45, 2.75) is 19.4 Å². The van der Waals surface area contributed by atoms with E-state index in [1.54, 1.807) is 6.92 Å². The summed E-state index contributed by atoms with van der Waals surface area (Å²) in [7, 11) is 2.86. The lowest BCUT2D eigenvalue weighted by molar-refractivity contribution is -0.139. The van der Waals surface area contributed by atoms with Crippen LogP contribution in [-0.2, 0) is 4.79 Å². The Labute approximate surface area is 127 Å². The summed E-state index contributed by atoms with van der Waals surface area (Å²) in [6.45, 7) is 1.66. The SMILES string of the molecule is CCC(NC(=O)Nc1cc(OC)c(Cl)cc1OC)C(=O)O. The van der Waals surface area contributed by atoms with Crippen molar-refractivity contribution in [1.29, 1.82) is 0 Å². The third kappa shape index (κ3) is 4.42. The maximum Gasteiger partial charge on any atom is 0.326 e. The predicted molar refractivity (Wildman–Crippen MR) is 78.4 cm³/mol. The van der Waals surface area contributed by atoms with Crippen molar-refractivity contribution in [3.63, 3.8) is 0 Å². The molecule has 0 aromatic heterocycles. The molecule has 0 fully saturated rings. The number of halogens is 1. The molecule has 0 heterocycles. The van der Waals surface area contributed by atoms with Gasteiger partial charge in [0.05, 0.1) is 24.9 Å². The molecule has 3 N–H and O–H groups in total. The van der Waals surface area contributed by atoms with Gasteiger partial charge in [-0.2, -0.15) is 0 Å². The molecule has 2 amide bonds. The minimum absolute atomic E-state index is 0.268. The molecule has 0 saturated heterocycles. The third-order valence-electron chi connectivity index (χ3n) is 2.73. The van der Waals surface area contributed by atoms with Gasteiger partial charge < -0.3 is 25.2 Å². The number of urea groups is 1. The number of benzene rings is 1. The number of nitrogens with one attached hydrogen (secondary N) is 2. The van der Waals surface area contributed by atoms with E-state index in [-0.39, 0.29) is 6.42 Å². The van der Waals surface area contributed by atoms with Crippen LogP contribution in [0.2, 0.25) is 5.02 Å². The first kappa shape index (κ1) is 16.9. The fraction of sp³-hybridized carbons (Fsp3) is 0.385. The molecule has 1 aromatic carbocycles. The van der Waals surface area contributed by atoms with Crippen molar-refractivity contribution in [3.8, 4) is 11.5 Å². The van der Waals surface area contributed by atoms with E-state index in [9.17, 15) is 9.59 Å². The highest BCUT2D eigenvalue weighted by atomic mass is 35.5. The molecule has 7 nitrogen and oxygen atoms in total. The third-order valence-corrected chi connectivity index (χ3v) is 3.03. The molecular formula is C13H17ClN2O5. The number of amides is 2. The topological polar surface area (TPSA) is 96.9 Å². The Hall–Kier alpha value is -2.15.